The predicted octanol–water partition coefficient (Wildman–Crippen LogP) is 1.92. The number of hydrogen-bond acceptors (Lipinski definition) is 4. The largest absolute Gasteiger partial charge is 0.451 e. The summed E-state index contributed by atoms with van der Waals surface area (Å²) >= 11 is 1.50. The van der Waals surface area contributed by atoms with Gasteiger partial charge in [-0.15, -0.1) is 11.3 Å². The average Bonchev–Trinajstić information content (AvgIpc) is 2.80. The second-order valence-corrected chi connectivity index (χ2v) is 5.43. The molecule has 1 amide bonds. The van der Waals surface area contributed by atoms with E-state index in [1.807, 2.05) is 13.0 Å². The molecule has 2 rings (SSSR count). The van der Waals surface area contributed by atoms with Gasteiger partial charge in [0.05, 0.1) is 0 Å². The zero-order valence-electron chi connectivity index (χ0n) is 10.5. The van der Waals surface area contributed by atoms with Crippen molar-refractivity contribution in [3.05, 3.63) is 21.4 Å². The third-order valence-electron chi connectivity index (χ3n) is 2.91. The van der Waals surface area contributed by atoms with Crippen LogP contribution in [0.3, 0.4) is 0 Å². The van der Waals surface area contributed by atoms with E-state index in [0.717, 1.165) is 12.8 Å². The number of esters is 1. The van der Waals surface area contributed by atoms with Crippen LogP contribution in [0, 0.1) is 0 Å². The highest BCUT2D eigenvalue weighted by Gasteiger charge is 2.18. The lowest BCUT2D eigenvalue weighted by molar-refractivity contribution is -0.124. The summed E-state index contributed by atoms with van der Waals surface area (Å²) < 4.78 is 4.98. The molecule has 5 heteroatoms. The highest BCUT2D eigenvalue weighted by atomic mass is 32.1. The Morgan fingerprint density at radius 1 is 1.39 bits per heavy atom. The molecule has 1 N–H and O–H groups in total. The zero-order valence-corrected chi connectivity index (χ0v) is 11.3. The number of fused-ring (bicyclic) bond motifs is 1. The number of ether oxygens (including phenoxy) is 1. The fraction of sp³-hybridized carbons (Fsp3) is 0.538. The molecule has 1 aliphatic carbocycles. The highest BCUT2D eigenvalue weighted by molar-refractivity contribution is 7.14. The van der Waals surface area contributed by atoms with Gasteiger partial charge in [0.1, 0.15) is 4.88 Å². The van der Waals surface area contributed by atoms with Gasteiger partial charge in [-0.2, -0.15) is 0 Å². The van der Waals surface area contributed by atoms with Gasteiger partial charge in [0, 0.05) is 11.4 Å². The minimum absolute atomic E-state index is 0.199. The van der Waals surface area contributed by atoms with E-state index in [2.05, 4.69) is 5.32 Å². The van der Waals surface area contributed by atoms with Crippen molar-refractivity contribution in [1.29, 1.82) is 0 Å². The summed E-state index contributed by atoms with van der Waals surface area (Å²) in [6, 6.07) is 1.92. The summed E-state index contributed by atoms with van der Waals surface area (Å²) in [6.07, 6.45) is 4.50. The van der Waals surface area contributed by atoms with E-state index >= 15 is 0 Å². The summed E-state index contributed by atoms with van der Waals surface area (Å²) in [5, 5.41) is 2.59. The molecule has 0 spiro atoms. The number of hydrogen-bond donors (Lipinski definition) is 1. The Bertz CT molecular complexity index is 430. The van der Waals surface area contributed by atoms with Crippen LogP contribution in [0.4, 0.5) is 0 Å². The minimum Gasteiger partial charge on any atom is -0.451 e. The van der Waals surface area contributed by atoms with Crippen LogP contribution in [-0.4, -0.2) is 25.0 Å². The second-order valence-electron chi connectivity index (χ2n) is 4.30. The minimum atomic E-state index is -0.388. The highest BCUT2D eigenvalue weighted by Crippen LogP contribution is 2.29. The van der Waals surface area contributed by atoms with Gasteiger partial charge >= 0.3 is 5.97 Å². The summed E-state index contributed by atoms with van der Waals surface area (Å²) in [5.41, 5.74) is 1.27. The van der Waals surface area contributed by atoms with Crippen molar-refractivity contribution in [2.75, 3.05) is 13.2 Å². The quantitative estimate of drug-likeness (QED) is 0.848. The van der Waals surface area contributed by atoms with Gasteiger partial charge in [0.15, 0.2) is 6.61 Å². The first-order valence-electron chi connectivity index (χ1n) is 6.26. The topological polar surface area (TPSA) is 55.4 Å². The van der Waals surface area contributed by atoms with E-state index in [9.17, 15) is 9.59 Å². The Morgan fingerprint density at radius 2 is 2.17 bits per heavy atom. The summed E-state index contributed by atoms with van der Waals surface area (Å²) in [7, 11) is 0. The van der Waals surface area contributed by atoms with Gasteiger partial charge in [-0.3, -0.25) is 4.79 Å². The van der Waals surface area contributed by atoms with Crippen LogP contribution >= 0.6 is 11.3 Å². The van der Waals surface area contributed by atoms with Crippen LogP contribution < -0.4 is 5.32 Å². The van der Waals surface area contributed by atoms with Crippen molar-refractivity contribution in [1.82, 2.24) is 5.32 Å². The molecule has 0 aromatic carbocycles. The summed E-state index contributed by atoms with van der Waals surface area (Å²) in [4.78, 5) is 24.9. The molecule has 4 nitrogen and oxygen atoms in total. The fourth-order valence-corrected chi connectivity index (χ4v) is 3.19. The molecule has 1 heterocycles. The number of likely N-dealkylation sites (N-methyl/N-ethyl adjacent to an activating group) is 1. The van der Waals surface area contributed by atoms with Crippen LogP contribution in [0.25, 0.3) is 0 Å². The Morgan fingerprint density at radius 3 is 2.89 bits per heavy atom. The van der Waals surface area contributed by atoms with Gasteiger partial charge in [-0.05, 0) is 44.2 Å². The van der Waals surface area contributed by atoms with Crippen molar-refractivity contribution < 1.29 is 14.3 Å². The third kappa shape index (κ3) is 3.10. The van der Waals surface area contributed by atoms with Crippen molar-refractivity contribution in [2.45, 2.75) is 32.6 Å². The number of amides is 1. The van der Waals surface area contributed by atoms with Crippen molar-refractivity contribution in [3.8, 4) is 0 Å². The normalized spacial score (nSPS) is 13.8. The SMILES string of the molecule is CCNC(=O)COC(=O)c1cc2c(s1)CCCC2. The number of carbonyl (C=O) groups excluding carboxylic acids is 2. The summed E-state index contributed by atoms with van der Waals surface area (Å²) in [6.45, 7) is 2.17. The van der Waals surface area contributed by atoms with Gasteiger partial charge in [-0.25, -0.2) is 4.79 Å². The van der Waals surface area contributed by atoms with Crippen LogP contribution in [0.2, 0.25) is 0 Å². The number of carbonyl (C=O) groups is 2. The monoisotopic (exact) mass is 267 g/mol. The number of nitrogens with one attached hydrogen (secondary N) is 1. The number of rotatable bonds is 4. The molecule has 1 aromatic rings. The molecule has 0 saturated carbocycles. The van der Waals surface area contributed by atoms with Gasteiger partial charge in [0.2, 0.25) is 0 Å². The molecule has 0 fully saturated rings. The molecule has 0 unspecified atom stereocenters. The molecule has 1 aliphatic rings. The van der Waals surface area contributed by atoms with Crippen LogP contribution in [-0.2, 0) is 22.4 Å². The zero-order chi connectivity index (χ0) is 13.0. The van der Waals surface area contributed by atoms with Gasteiger partial charge in [-0.1, -0.05) is 0 Å². The molecular weight excluding hydrogens is 250 g/mol. The van der Waals surface area contributed by atoms with E-state index in [1.54, 1.807) is 0 Å². The lowest BCUT2D eigenvalue weighted by Gasteiger charge is -2.08. The maximum atomic E-state index is 11.8. The van der Waals surface area contributed by atoms with Crippen molar-refractivity contribution >= 4 is 23.2 Å². The van der Waals surface area contributed by atoms with Gasteiger partial charge in [0.25, 0.3) is 5.91 Å². The fourth-order valence-electron chi connectivity index (χ4n) is 2.04. The predicted molar refractivity (Wildman–Crippen MR) is 69.9 cm³/mol. The molecule has 0 atom stereocenters. The smallest absolute Gasteiger partial charge is 0.348 e. The molecule has 1 aromatic heterocycles. The van der Waals surface area contributed by atoms with Crippen LogP contribution in [0.15, 0.2) is 6.07 Å². The number of aryl methyl sites for hydroxylation is 2. The molecule has 0 radical (unpaired) electrons. The van der Waals surface area contributed by atoms with E-state index in [-0.39, 0.29) is 18.5 Å². The number of thiophene rings is 1. The standard InChI is InChI=1S/C13H17NO3S/c1-2-14-12(15)8-17-13(16)11-7-9-5-3-4-6-10(9)18-11/h7H,2-6,8H2,1H3,(H,14,15). The third-order valence-corrected chi connectivity index (χ3v) is 4.12. The lowest BCUT2D eigenvalue weighted by atomic mass is 9.99. The molecule has 18 heavy (non-hydrogen) atoms. The summed E-state index contributed by atoms with van der Waals surface area (Å²) in [5.74, 6) is -0.646. The van der Waals surface area contributed by atoms with E-state index in [4.69, 9.17) is 4.74 Å². The lowest BCUT2D eigenvalue weighted by Crippen LogP contribution is -2.28. The first-order valence-corrected chi connectivity index (χ1v) is 7.07. The first-order chi connectivity index (χ1) is 8.70. The Kier molecular flexibility index (Phi) is 4.36. The maximum Gasteiger partial charge on any atom is 0.348 e. The first kappa shape index (κ1) is 13.1. The van der Waals surface area contributed by atoms with Gasteiger partial charge < -0.3 is 10.1 Å². The van der Waals surface area contributed by atoms with E-state index in [1.165, 1.54) is 34.6 Å². The molecule has 0 saturated heterocycles. The molecular formula is C13H17NO3S. The van der Waals surface area contributed by atoms with E-state index < -0.39 is 0 Å². The second kappa shape index (κ2) is 6.00. The van der Waals surface area contributed by atoms with Crippen LogP contribution in [0.1, 0.15) is 39.9 Å². The average molecular weight is 267 g/mol. The van der Waals surface area contributed by atoms with Crippen molar-refractivity contribution in [2.24, 2.45) is 0 Å². The Labute approximate surface area is 110 Å². The Balaban J connectivity index is 1.92. The van der Waals surface area contributed by atoms with E-state index in [0.29, 0.717) is 11.4 Å². The maximum absolute atomic E-state index is 11.8. The molecule has 0 aliphatic heterocycles. The van der Waals surface area contributed by atoms with Crippen LogP contribution in [0.5, 0.6) is 0 Å². The Hall–Kier alpha value is -1.36. The van der Waals surface area contributed by atoms with Crippen molar-refractivity contribution in [3.63, 3.8) is 0 Å². The molecule has 98 valence electrons. The molecule has 0 bridgehead atoms.